The van der Waals surface area contributed by atoms with E-state index in [1.165, 1.54) is 0 Å². The summed E-state index contributed by atoms with van der Waals surface area (Å²) in [5.74, 6) is -0.114. The topological polar surface area (TPSA) is 46.9 Å². The number of anilines is 1. The lowest BCUT2D eigenvalue weighted by Crippen LogP contribution is -2.14. The second kappa shape index (κ2) is 6.71. The zero-order chi connectivity index (χ0) is 17.1. The molecule has 0 bridgehead atoms. The Bertz CT molecular complexity index is 849. The van der Waals surface area contributed by atoms with E-state index in [1.54, 1.807) is 0 Å². The Kier molecular flexibility index (Phi) is 4.47. The summed E-state index contributed by atoms with van der Waals surface area (Å²) in [7, 11) is 0. The van der Waals surface area contributed by atoms with E-state index in [4.69, 9.17) is 0 Å². The van der Waals surface area contributed by atoms with Crippen molar-refractivity contribution in [1.82, 2.24) is 9.78 Å². The van der Waals surface area contributed by atoms with E-state index in [-0.39, 0.29) is 5.91 Å². The van der Waals surface area contributed by atoms with Crippen LogP contribution in [-0.2, 0) is 6.54 Å². The van der Waals surface area contributed by atoms with E-state index in [9.17, 15) is 4.79 Å². The third kappa shape index (κ3) is 3.08. The first-order chi connectivity index (χ1) is 11.6. The molecular weight excluding hydrogens is 298 g/mol. The molecule has 1 N–H and O–H groups in total. The average molecular weight is 319 g/mol. The largest absolute Gasteiger partial charge is 0.322 e. The average Bonchev–Trinajstić information content (AvgIpc) is 2.90. The molecule has 0 aliphatic heterocycles. The van der Waals surface area contributed by atoms with E-state index < -0.39 is 0 Å². The predicted molar refractivity (Wildman–Crippen MR) is 97.2 cm³/mol. The molecule has 1 heterocycles. The highest BCUT2D eigenvalue weighted by Gasteiger charge is 2.18. The molecule has 1 aromatic heterocycles. The molecule has 1 amide bonds. The van der Waals surface area contributed by atoms with Gasteiger partial charge in [-0.15, -0.1) is 0 Å². The van der Waals surface area contributed by atoms with Gasteiger partial charge < -0.3 is 5.32 Å². The van der Waals surface area contributed by atoms with Crippen molar-refractivity contribution in [2.24, 2.45) is 0 Å². The minimum absolute atomic E-state index is 0.114. The van der Waals surface area contributed by atoms with Crippen LogP contribution in [-0.4, -0.2) is 15.7 Å². The van der Waals surface area contributed by atoms with Gasteiger partial charge in [0.1, 0.15) is 0 Å². The first-order valence-electron chi connectivity index (χ1n) is 8.11. The van der Waals surface area contributed by atoms with E-state index in [1.807, 2.05) is 67.9 Å². The van der Waals surface area contributed by atoms with Crippen LogP contribution in [0.1, 0.15) is 28.7 Å². The Labute approximate surface area is 142 Å². The maximum absolute atomic E-state index is 12.6. The fourth-order valence-electron chi connectivity index (χ4n) is 2.90. The van der Waals surface area contributed by atoms with Gasteiger partial charge in [-0.05, 0) is 44.0 Å². The molecule has 0 radical (unpaired) electrons. The van der Waals surface area contributed by atoms with E-state index in [0.717, 1.165) is 34.7 Å². The number of amides is 1. The number of carbonyl (C=O) groups excluding carboxylic acids is 1. The molecule has 0 saturated carbocycles. The molecule has 2 aromatic carbocycles. The Balaban J connectivity index is 1.79. The van der Waals surface area contributed by atoms with Crippen LogP contribution in [0.2, 0.25) is 0 Å². The predicted octanol–water partition coefficient (Wildman–Crippen LogP) is 4.44. The fourth-order valence-corrected chi connectivity index (χ4v) is 2.90. The number of aromatic nitrogens is 2. The highest BCUT2D eigenvalue weighted by molar-refractivity contribution is 6.05. The SMILES string of the molecule is CCn1nc(C)c(C(=O)Nc2ccc(-c3ccccc3)cc2)c1C. The number of aryl methyl sites for hydroxylation is 2. The summed E-state index contributed by atoms with van der Waals surface area (Å²) in [5, 5.41) is 7.36. The molecule has 3 aromatic rings. The van der Waals surface area contributed by atoms with Crippen molar-refractivity contribution >= 4 is 11.6 Å². The highest BCUT2D eigenvalue weighted by atomic mass is 16.1. The smallest absolute Gasteiger partial charge is 0.259 e. The lowest BCUT2D eigenvalue weighted by atomic mass is 10.1. The first-order valence-corrected chi connectivity index (χ1v) is 8.11. The van der Waals surface area contributed by atoms with Crippen LogP contribution in [0.4, 0.5) is 5.69 Å². The molecule has 0 aliphatic carbocycles. The highest BCUT2D eigenvalue weighted by Crippen LogP contribution is 2.22. The third-order valence-electron chi connectivity index (χ3n) is 4.16. The third-order valence-corrected chi connectivity index (χ3v) is 4.16. The van der Waals surface area contributed by atoms with Crippen molar-refractivity contribution in [2.45, 2.75) is 27.3 Å². The molecule has 122 valence electrons. The van der Waals surface area contributed by atoms with Crippen LogP contribution in [0.15, 0.2) is 54.6 Å². The minimum Gasteiger partial charge on any atom is -0.322 e. The first kappa shape index (κ1) is 16.0. The molecular formula is C20H21N3O. The van der Waals surface area contributed by atoms with E-state index in [2.05, 4.69) is 22.5 Å². The number of carbonyl (C=O) groups is 1. The monoisotopic (exact) mass is 319 g/mol. The summed E-state index contributed by atoms with van der Waals surface area (Å²) >= 11 is 0. The molecule has 0 fully saturated rings. The Morgan fingerprint density at radius 1 is 1.00 bits per heavy atom. The molecule has 0 aliphatic rings. The van der Waals surface area contributed by atoms with Crippen molar-refractivity contribution in [2.75, 3.05) is 5.32 Å². The van der Waals surface area contributed by atoms with Gasteiger partial charge in [0.2, 0.25) is 0 Å². The van der Waals surface area contributed by atoms with Crippen LogP contribution in [0.3, 0.4) is 0 Å². The van der Waals surface area contributed by atoms with Crippen LogP contribution in [0, 0.1) is 13.8 Å². The van der Waals surface area contributed by atoms with Crippen LogP contribution in [0.5, 0.6) is 0 Å². The Morgan fingerprint density at radius 3 is 2.21 bits per heavy atom. The minimum atomic E-state index is -0.114. The second-order valence-electron chi connectivity index (χ2n) is 5.76. The molecule has 0 spiro atoms. The van der Waals surface area contributed by atoms with Gasteiger partial charge in [0.15, 0.2) is 0 Å². The molecule has 0 saturated heterocycles. The Morgan fingerprint density at radius 2 is 1.62 bits per heavy atom. The van der Waals surface area contributed by atoms with Gasteiger partial charge >= 0.3 is 0 Å². The number of rotatable bonds is 4. The van der Waals surface area contributed by atoms with Gasteiger partial charge in [0.05, 0.1) is 11.3 Å². The molecule has 4 heteroatoms. The normalized spacial score (nSPS) is 10.6. The fraction of sp³-hybridized carbons (Fsp3) is 0.200. The number of nitrogens with zero attached hydrogens (tertiary/aromatic N) is 2. The van der Waals surface area contributed by atoms with Gasteiger partial charge in [-0.25, -0.2) is 0 Å². The summed E-state index contributed by atoms with van der Waals surface area (Å²) in [4.78, 5) is 12.6. The molecule has 4 nitrogen and oxygen atoms in total. The van der Waals surface area contributed by atoms with Gasteiger partial charge in [0.25, 0.3) is 5.91 Å². The van der Waals surface area contributed by atoms with Gasteiger partial charge in [-0.1, -0.05) is 42.5 Å². The zero-order valence-electron chi connectivity index (χ0n) is 14.2. The van der Waals surface area contributed by atoms with Crippen molar-refractivity contribution < 1.29 is 4.79 Å². The Hall–Kier alpha value is -2.88. The van der Waals surface area contributed by atoms with E-state index >= 15 is 0 Å². The summed E-state index contributed by atoms with van der Waals surface area (Å²) in [6, 6.07) is 18.0. The van der Waals surface area contributed by atoms with Crippen molar-refractivity contribution in [3.05, 3.63) is 71.5 Å². The summed E-state index contributed by atoms with van der Waals surface area (Å²) in [6.07, 6.45) is 0. The maximum Gasteiger partial charge on any atom is 0.259 e. The summed E-state index contributed by atoms with van der Waals surface area (Å²) in [6.45, 7) is 6.57. The van der Waals surface area contributed by atoms with Gasteiger partial charge in [-0.3, -0.25) is 9.48 Å². The summed E-state index contributed by atoms with van der Waals surface area (Å²) in [5.41, 5.74) is 5.37. The second-order valence-corrected chi connectivity index (χ2v) is 5.76. The van der Waals surface area contributed by atoms with Crippen LogP contribution >= 0.6 is 0 Å². The van der Waals surface area contributed by atoms with Crippen molar-refractivity contribution in [1.29, 1.82) is 0 Å². The number of hydrogen-bond acceptors (Lipinski definition) is 2. The quantitative estimate of drug-likeness (QED) is 0.773. The van der Waals surface area contributed by atoms with E-state index in [0.29, 0.717) is 5.56 Å². The molecule has 3 rings (SSSR count). The van der Waals surface area contributed by atoms with Crippen LogP contribution in [0.25, 0.3) is 11.1 Å². The number of nitrogens with one attached hydrogen (secondary N) is 1. The van der Waals surface area contributed by atoms with Crippen molar-refractivity contribution in [3.63, 3.8) is 0 Å². The summed E-state index contributed by atoms with van der Waals surface area (Å²) < 4.78 is 1.85. The van der Waals surface area contributed by atoms with Crippen molar-refractivity contribution in [3.8, 4) is 11.1 Å². The number of benzene rings is 2. The zero-order valence-corrected chi connectivity index (χ0v) is 14.2. The maximum atomic E-state index is 12.6. The lowest BCUT2D eigenvalue weighted by molar-refractivity contribution is 0.102. The van der Waals surface area contributed by atoms with Gasteiger partial charge in [-0.2, -0.15) is 5.10 Å². The van der Waals surface area contributed by atoms with Gasteiger partial charge in [0, 0.05) is 17.9 Å². The number of hydrogen-bond donors (Lipinski definition) is 1. The van der Waals surface area contributed by atoms with Crippen LogP contribution < -0.4 is 5.32 Å². The lowest BCUT2D eigenvalue weighted by Gasteiger charge is -2.07. The molecule has 0 unspecified atom stereocenters. The molecule has 0 atom stereocenters. The molecule has 24 heavy (non-hydrogen) atoms. The standard InChI is InChI=1S/C20H21N3O/c1-4-23-15(3)19(14(2)22-23)20(24)21-18-12-10-17(11-13-18)16-8-6-5-7-9-16/h5-13H,4H2,1-3H3,(H,21,24).